The largest absolute Gasteiger partial charge is 0.336 e. The third-order valence-electron chi connectivity index (χ3n) is 4.83. The summed E-state index contributed by atoms with van der Waals surface area (Å²) in [6.07, 6.45) is 6.91. The number of benzene rings is 1. The first-order chi connectivity index (χ1) is 11.6. The van der Waals surface area contributed by atoms with Gasteiger partial charge in [0.25, 0.3) is 5.91 Å². The van der Waals surface area contributed by atoms with E-state index in [1.807, 2.05) is 11.0 Å². The van der Waals surface area contributed by atoms with Gasteiger partial charge >= 0.3 is 0 Å². The van der Waals surface area contributed by atoms with Crippen molar-refractivity contribution in [1.82, 2.24) is 9.47 Å². The van der Waals surface area contributed by atoms with Crippen molar-refractivity contribution >= 4 is 5.91 Å². The molecule has 1 aliphatic rings. The number of carbonyl (C=O) groups excluding carboxylic acids is 1. The van der Waals surface area contributed by atoms with Gasteiger partial charge in [0, 0.05) is 31.9 Å². The number of aromatic nitrogens is 1. The second kappa shape index (κ2) is 7.47. The topological polar surface area (TPSA) is 42.3 Å². The molecule has 0 bridgehead atoms. The van der Waals surface area contributed by atoms with Gasteiger partial charge in [0.05, 0.1) is 5.56 Å². The molecule has 4 nitrogen and oxygen atoms in total. The van der Waals surface area contributed by atoms with Gasteiger partial charge in [0.2, 0.25) is 5.56 Å². The summed E-state index contributed by atoms with van der Waals surface area (Å²) in [4.78, 5) is 26.4. The number of piperidine rings is 1. The molecule has 126 valence electrons. The van der Waals surface area contributed by atoms with E-state index in [0.717, 1.165) is 32.2 Å². The number of rotatable bonds is 4. The Kier molecular flexibility index (Phi) is 5.14. The molecule has 2 heterocycles. The van der Waals surface area contributed by atoms with E-state index >= 15 is 0 Å². The lowest BCUT2D eigenvalue weighted by molar-refractivity contribution is 0.0601. The second-order valence-electron chi connectivity index (χ2n) is 6.54. The predicted octanol–water partition coefficient (Wildman–Crippen LogP) is 3.01. The highest BCUT2D eigenvalue weighted by Gasteiger charge is 2.27. The second-order valence-corrected chi connectivity index (χ2v) is 6.54. The van der Waals surface area contributed by atoms with Crippen LogP contribution in [0, 0.1) is 0 Å². The molecule has 1 atom stereocenters. The molecule has 1 fully saturated rings. The molecule has 4 heteroatoms. The molecule has 1 amide bonds. The van der Waals surface area contributed by atoms with E-state index in [2.05, 4.69) is 24.3 Å². The highest BCUT2D eigenvalue weighted by molar-refractivity contribution is 5.94. The lowest BCUT2D eigenvalue weighted by Crippen LogP contribution is -2.44. The maximum absolute atomic E-state index is 12.9. The van der Waals surface area contributed by atoms with E-state index in [1.54, 1.807) is 19.3 Å². The SMILES string of the molecule is Cn1cc(C(=O)N2CCCC[C@@H]2CCc2ccccc2)ccc1=O. The molecule has 0 N–H and O–H groups in total. The first kappa shape index (κ1) is 16.5. The summed E-state index contributed by atoms with van der Waals surface area (Å²) in [7, 11) is 1.68. The number of hydrogen-bond acceptors (Lipinski definition) is 2. The summed E-state index contributed by atoms with van der Waals surface area (Å²) in [5, 5.41) is 0. The van der Waals surface area contributed by atoms with E-state index < -0.39 is 0 Å². The summed E-state index contributed by atoms with van der Waals surface area (Å²) < 4.78 is 1.47. The Morgan fingerprint density at radius 2 is 1.92 bits per heavy atom. The number of pyridine rings is 1. The van der Waals surface area contributed by atoms with Crippen LogP contribution < -0.4 is 5.56 Å². The average Bonchev–Trinajstić information content (AvgIpc) is 2.63. The summed E-state index contributed by atoms with van der Waals surface area (Å²) in [6.45, 7) is 0.807. The van der Waals surface area contributed by atoms with Gasteiger partial charge < -0.3 is 9.47 Å². The highest BCUT2D eigenvalue weighted by Crippen LogP contribution is 2.23. The number of nitrogens with zero attached hydrogens (tertiary/aromatic N) is 2. The van der Waals surface area contributed by atoms with E-state index in [1.165, 1.54) is 22.6 Å². The molecule has 2 aromatic rings. The molecule has 0 spiro atoms. The van der Waals surface area contributed by atoms with Gasteiger partial charge in [0.1, 0.15) is 0 Å². The molecule has 0 aliphatic carbocycles. The smallest absolute Gasteiger partial charge is 0.255 e. The van der Waals surface area contributed by atoms with Crippen LogP contribution in [-0.2, 0) is 13.5 Å². The number of carbonyl (C=O) groups is 1. The molecular formula is C20H24N2O2. The quantitative estimate of drug-likeness (QED) is 0.867. The van der Waals surface area contributed by atoms with E-state index in [0.29, 0.717) is 5.56 Å². The van der Waals surface area contributed by atoms with Crippen LogP contribution in [0.25, 0.3) is 0 Å². The number of aryl methyl sites for hydroxylation is 2. The van der Waals surface area contributed by atoms with Gasteiger partial charge in [-0.05, 0) is 43.7 Å². The fraction of sp³-hybridized carbons (Fsp3) is 0.400. The van der Waals surface area contributed by atoms with Crippen LogP contribution in [0.4, 0.5) is 0 Å². The normalized spacial score (nSPS) is 17.7. The maximum atomic E-state index is 12.9. The minimum atomic E-state index is -0.0918. The van der Waals surface area contributed by atoms with Crippen molar-refractivity contribution in [1.29, 1.82) is 0 Å². The minimum Gasteiger partial charge on any atom is -0.336 e. The van der Waals surface area contributed by atoms with Crippen LogP contribution in [0.15, 0.2) is 53.5 Å². The fourth-order valence-corrected chi connectivity index (χ4v) is 3.43. The number of hydrogen-bond donors (Lipinski definition) is 0. The van der Waals surface area contributed by atoms with E-state index in [-0.39, 0.29) is 17.5 Å². The van der Waals surface area contributed by atoms with Crippen LogP contribution in [0.5, 0.6) is 0 Å². The number of amides is 1. The molecule has 1 aromatic heterocycles. The zero-order valence-electron chi connectivity index (χ0n) is 14.1. The van der Waals surface area contributed by atoms with Crippen molar-refractivity contribution in [2.24, 2.45) is 7.05 Å². The zero-order valence-corrected chi connectivity index (χ0v) is 14.1. The summed E-state index contributed by atoms with van der Waals surface area (Å²) in [5.41, 5.74) is 1.83. The van der Waals surface area contributed by atoms with Crippen molar-refractivity contribution in [3.8, 4) is 0 Å². The Hall–Kier alpha value is -2.36. The first-order valence-corrected chi connectivity index (χ1v) is 8.67. The van der Waals surface area contributed by atoms with Crippen LogP contribution >= 0.6 is 0 Å². The third kappa shape index (κ3) is 3.75. The van der Waals surface area contributed by atoms with Gasteiger partial charge in [-0.1, -0.05) is 30.3 Å². The Balaban J connectivity index is 1.72. The van der Waals surface area contributed by atoms with Crippen LogP contribution in [0.2, 0.25) is 0 Å². The average molecular weight is 324 g/mol. The van der Waals surface area contributed by atoms with Crippen LogP contribution in [0.1, 0.15) is 41.6 Å². The molecule has 0 saturated carbocycles. The Morgan fingerprint density at radius 1 is 1.12 bits per heavy atom. The summed E-state index contributed by atoms with van der Waals surface area (Å²) in [6, 6.07) is 13.8. The minimum absolute atomic E-state index is 0.0448. The Morgan fingerprint density at radius 3 is 2.67 bits per heavy atom. The Labute approximate surface area is 142 Å². The first-order valence-electron chi connectivity index (χ1n) is 8.67. The zero-order chi connectivity index (χ0) is 16.9. The summed E-state index contributed by atoms with van der Waals surface area (Å²) in [5.74, 6) is 0.0448. The summed E-state index contributed by atoms with van der Waals surface area (Å²) >= 11 is 0. The monoisotopic (exact) mass is 324 g/mol. The molecule has 1 aromatic carbocycles. The van der Waals surface area contributed by atoms with Crippen molar-refractivity contribution < 1.29 is 4.79 Å². The van der Waals surface area contributed by atoms with Crippen LogP contribution in [0.3, 0.4) is 0 Å². The fourth-order valence-electron chi connectivity index (χ4n) is 3.43. The Bertz CT molecular complexity index is 752. The van der Waals surface area contributed by atoms with Crippen molar-refractivity contribution in [3.63, 3.8) is 0 Å². The molecule has 0 unspecified atom stereocenters. The van der Waals surface area contributed by atoms with Gasteiger partial charge in [-0.15, -0.1) is 0 Å². The maximum Gasteiger partial charge on any atom is 0.255 e. The van der Waals surface area contributed by atoms with E-state index in [9.17, 15) is 9.59 Å². The van der Waals surface area contributed by atoms with Crippen molar-refractivity contribution in [2.45, 2.75) is 38.1 Å². The standard InChI is InChI=1S/C20H24N2O2/c1-21-15-17(11-13-19(21)23)20(24)22-14-6-5-9-18(22)12-10-16-7-3-2-4-8-16/h2-4,7-8,11,13,15,18H,5-6,9-10,12,14H2,1H3/t18-/m1/s1. The lowest BCUT2D eigenvalue weighted by atomic mass is 9.95. The lowest BCUT2D eigenvalue weighted by Gasteiger charge is -2.36. The van der Waals surface area contributed by atoms with Crippen molar-refractivity contribution in [3.05, 3.63) is 70.1 Å². The molecule has 3 rings (SSSR count). The molecule has 24 heavy (non-hydrogen) atoms. The van der Waals surface area contributed by atoms with Gasteiger partial charge in [0.15, 0.2) is 0 Å². The van der Waals surface area contributed by atoms with Gasteiger partial charge in [-0.3, -0.25) is 9.59 Å². The van der Waals surface area contributed by atoms with Crippen molar-refractivity contribution in [2.75, 3.05) is 6.54 Å². The predicted molar refractivity (Wildman–Crippen MR) is 95.1 cm³/mol. The van der Waals surface area contributed by atoms with Gasteiger partial charge in [-0.2, -0.15) is 0 Å². The van der Waals surface area contributed by atoms with Gasteiger partial charge in [-0.25, -0.2) is 0 Å². The molecular weight excluding hydrogens is 300 g/mol. The highest BCUT2D eigenvalue weighted by atomic mass is 16.2. The van der Waals surface area contributed by atoms with E-state index in [4.69, 9.17) is 0 Å². The molecule has 1 saturated heterocycles. The van der Waals surface area contributed by atoms with Crippen LogP contribution in [-0.4, -0.2) is 28.0 Å². The number of likely N-dealkylation sites (tertiary alicyclic amines) is 1. The molecule has 1 aliphatic heterocycles. The third-order valence-corrected chi connectivity index (χ3v) is 4.83. The molecule has 0 radical (unpaired) electrons.